The molecule has 3 nitrogen and oxygen atoms in total. The zero-order chi connectivity index (χ0) is 12.2. The average Bonchev–Trinajstić information content (AvgIpc) is 2.27. The number of hydrogen-bond acceptors (Lipinski definition) is 3. The van der Waals surface area contributed by atoms with Gasteiger partial charge in [0.2, 0.25) is 0 Å². The molecule has 1 atom stereocenters. The molecule has 0 amide bonds. The number of piperidine rings is 1. The van der Waals surface area contributed by atoms with Crippen LogP contribution in [0, 0.1) is 11.8 Å². The predicted octanol–water partition coefficient (Wildman–Crippen LogP) is 1.45. The largest absolute Gasteiger partial charge is 0.389 e. The minimum atomic E-state index is -0.686. The molecule has 1 saturated heterocycles. The first-order valence-corrected chi connectivity index (χ1v) is 6.59. The number of nitrogens with zero attached hydrogens (tertiary/aromatic N) is 1. The maximum atomic E-state index is 9.84. The van der Waals surface area contributed by atoms with Crippen molar-refractivity contribution >= 4 is 0 Å². The van der Waals surface area contributed by atoms with Gasteiger partial charge in [-0.3, -0.25) is 0 Å². The van der Waals surface area contributed by atoms with Gasteiger partial charge in [-0.2, -0.15) is 0 Å². The Balaban J connectivity index is 2.22. The van der Waals surface area contributed by atoms with Gasteiger partial charge >= 0.3 is 0 Å². The molecule has 3 N–H and O–H groups in total. The maximum Gasteiger partial charge on any atom is 0.0753 e. The molecule has 0 aromatic rings. The summed E-state index contributed by atoms with van der Waals surface area (Å²) in [4.78, 5) is 2.46. The standard InChI is InChI=1S/C13H28N2O/c1-11(2)12-4-7-15(8-5-12)9-6-13(3,16)10-14/h11-12,16H,4-10,14H2,1-3H3. The molecule has 0 aromatic heterocycles. The average molecular weight is 228 g/mol. The van der Waals surface area contributed by atoms with Gasteiger partial charge in [0.25, 0.3) is 0 Å². The topological polar surface area (TPSA) is 49.5 Å². The summed E-state index contributed by atoms with van der Waals surface area (Å²) in [6.45, 7) is 10.2. The van der Waals surface area contributed by atoms with Gasteiger partial charge in [0.15, 0.2) is 0 Å². The SMILES string of the molecule is CC(C)C1CCN(CCC(C)(O)CN)CC1. The Morgan fingerprint density at radius 1 is 1.38 bits per heavy atom. The molecule has 0 radical (unpaired) electrons. The smallest absolute Gasteiger partial charge is 0.0753 e. The van der Waals surface area contributed by atoms with Crippen molar-refractivity contribution in [1.29, 1.82) is 0 Å². The first kappa shape index (κ1) is 13.9. The van der Waals surface area contributed by atoms with Crippen molar-refractivity contribution in [3.05, 3.63) is 0 Å². The monoisotopic (exact) mass is 228 g/mol. The third-order valence-electron chi connectivity index (χ3n) is 3.98. The van der Waals surface area contributed by atoms with E-state index in [2.05, 4.69) is 18.7 Å². The Labute approximate surface area is 100 Å². The van der Waals surface area contributed by atoms with E-state index in [1.54, 1.807) is 0 Å². The third kappa shape index (κ3) is 4.40. The Morgan fingerprint density at radius 2 is 1.94 bits per heavy atom. The summed E-state index contributed by atoms with van der Waals surface area (Å²) in [5.74, 6) is 1.71. The fraction of sp³-hybridized carbons (Fsp3) is 1.00. The zero-order valence-corrected chi connectivity index (χ0v) is 11.1. The Bertz CT molecular complexity index is 196. The molecule has 1 fully saturated rings. The van der Waals surface area contributed by atoms with Crippen molar-refractivity contribution in [2.24, 2.45) is 17.6 Å². The van der Waals surface area contributed by atoms with E-state index in [-0.39, 0.29) is 0 Å². The summed E-state index contributed by atoms with van der Waals surface area (Å²) in [5, 5.41) is 9.84. The van der Waals surface area contributed by atoms with E-state index in [0.29, 0.717) is 6.54 Å². The van der Waals surface area contributed by atoms with Gasteiger partial charge in [-0.05, 0) is 51.1 Å². The second kappa shape index (κ2) is 5.99. The number of hydrogen-bond donors (Lipinski definition) is 2. The highest BCUT2D eigenvalue weighted by molar-refractivity contribution is 4.78. The van der Waals surface area contributed by atoms with Crippen molar-refractivity contribution in [1.82, 2.24) is 4.90 Å². The number of rotatable bonds is 5. The molecule has 1 aliphatic heterocycles. The number of nitrogens with two attached hydrogens (primary N) is 1. The molecular formula is C13H28N2O. The lowest BCUT2D eigenvalue weighted by molar-refractivity contribution is 0.0412. The lowest BCUT2D eigenvalue weighted by Gasteiger charge is -2.35. The summed E-state index contributed by atoms with van der Waals surface area (Å²) in [6.07, 6.45) is 3.40. The highest BCUT2D eigenvalue weighted by atomic mass is 16.3. The van der Waals surface area contributed by atoms with Gasteiger partial charge in [0.05, 0.1) is 5.60 Å². The molecule has 1 aliphatic rings. The van der Waals surface area contributed by atoms with Crippen LogP contribution < -0.4 is 5.73 Å². The Hall–Kier alpha value is -0.120. The van der Waals surface area contributed by atoms with Crippen LogP contribution in [-0.4, -0.2) is 41.8 Å². The van der Waals surface area contributed by atoms with E-state index in [9.17, 15) is 5.11 Å². The van der Waals surface area contributed by atoms with E-state index in [0.717, 1.165) is 24.8 Å². The molecule has 96 valence electrons. The molecule has 0 saturated carbocycles. The number of aliphatic hydroxyl groups is 1. The van der Waals surface area contributed by atoms with Crippen LogP contribution >= 0.6 is 0 Å². The van der Waals surface area contributed by atoms with Gasteiger partial charge in [0.1, 0.15) is 0 Å². The van der Waals surface area contributed by atoms with Crippen LogP contribution in [0.3, 0.4) is 0 Å². The quantitative estimate of drug-likeness (QED) is 0.749. The Morgan fingerprint density at radius 3 is 2.38 bits per heavy atom. The molecule has 16 heavy (non-hydrogen) atoms. The van der Waals surface area contributed by atoms with Gasteiger partial charge in [-0.15, -0.1) is 0 Å². The summed E-state index contributed by atoms with van der Waals surface area (Å²) >= 11 is 0. The van der Waals surface area contributed by atoms with Crippen LogP contribution in [0.4, 0.5) is 0 Å². The first-order chi connectivity index (χ1) is 7.44. The Kier molecular flexibility index (Phi) is 5.22. The van der Waals surface area contributed by atoms with E-state index >= 15 is 0 Å². The van der Waals surface area contributed by atoms with Crippen LogP contribution in [0.25, 0.3) is 0 Å². The number of likely N-dealkylation sites (tertiary alicyclic amines) is 1. The van der Waals surface area contributed by atoms with E-state index in [1.807, 2.05) is 6.92 Å². The third-order valence-corrected chi connectivity index (χ3v) is 3.98. The normalized spacial score (nSPS) is 23.6. The highest BCUT2D eigenvalue weighted by Crippen LogP contribution is 2.24. The fourth-order valence-electron chi connectivity index (χ4n) is 2.34. The van der Waals surface area contributed by atoms with Gasteiger partial charge < -0.3 is 15.7 Å². The van der Waals surface area contributed by atoms with Crippen LogP contribution in [0.5, 0.6) is 0 Å². The van der Waals surface area contributed by atoms with Crippen molar-refractivity contribution in [3.8, 4) is 0 Å². The molecule has 0 aliphatic carbocycles. The summed E-state index contributed by atoms with van der Waals surface area (Å²) < 4.78 is 0. The highest BCUT2D eigenvalue weighted by Gasteiger charge is 2.24. The molecule has 1 rings (SSSR count). The molecule has 1 heterocycles. The second-order valence-electron chi connectivity index (χ2n) is 5.87. The fourth-order valence-corrected chi connectivity index (χ4v) is 2.34. The van der Waals surface area contributed by atoms with Crippen LogP contribution in [-0.2, 0) is 0 Å². The minimum Gasteiger partial charge on any atom is -0.389 e. The van der Waals surface area contributed by atoms with Gasteiger partial charge in [-0.1, -0.05) is 13.8 Å². The molecule has 0 aromatic carbocycles. The second-order valence-corrected chi connectivity index (χ2v) is 5.87. The summed E-state index contributed by atoms with van der Waals surface area (Å²) in [7, 11) is 0. The van der Waals surface area contributed by atoms with Gasteiger partial charge in [-0.25, -0.2) is 0 Å². The minimum absolute atomic E-state index is 0.357. The molecule has 0 bridgehead atoms. The lowest BCUT2D eigenvalue weighted by Crippen LogP contribution is -2.41. The van der Waals surface area contributed by atoms with E-state index < -0.39 is 5.60 Å². The first-order valence-electron chi connectivity index (χ1n) is 6.59. The molecular weight excluding hydrogens is 200 g/mol. The van der Waals surface area contributed by atoms with Gasteiger partial charge in [0, 0.05) is 13.1 Å². The molecule has 1 unspecified atom stereocenters. The lowest BCUT2D eigenvalue weighted by atomic mass is 9.86. The predicted molar refractivity (Wildman–Crippen MR) is 68.3 cm³/mol. The maximum absolute atomic E-state index is 9.84. The van der Waals surface area contributed by atoms with Crippen molar-refractivity contribution in [2.45, 2.75) is 45.6 Å². The molecule has 0 spiro atoms. The summed E-state index contributed by atoms with van der Waals surface area (Å²) in [6, 6.07) is 0. The van der Waals surface area contributed by atoms with Crippen molar-refractivity contribution in [2.75, 3.05) is 26.2 Å². The summed E-state index contributed by atoms with van der Waals surface area (Å²) in [5.41, 5.74) is 4.83. The van der Waals surface area contributed by atoms with Crippen LogP contribution in [0.1, 0.15) is 40.0 Å². The van der Waals surface area contributed by atoms with Crippen molar-refractivity contribution < 1.29 is 5.11 Å². The molecule has 3 heteroatoms. The van der Waals surface area contributed by atoms with Crippen LogP contribution in [0.2, 0.25) is 0 Å². The van der Waals surface area contributed by atoms with Crippen molar-refractivity contribution in [3.63, 3.8) is 0 Å². The van der Waals surface area contributed by atoms with E-state index in [4.69, 9.17) is 5.73 Å². The zero-order valence-electron chi connectivity index (χ0n) is 11.1. The van der Waals surface area contributed by atoms with E-state index in [1.165, 1.54) is 25.9 Å². The van der Waals surface area contributed by atoms with Crippen LogP contribution in [0.15, 0.2) is 0 Å².